The van der Waals surface area contributed by atoms with Crippen LogP contribution in [0.5, 0.6) is 0 Å². The molecule has 72 valence electrons. The van der Waals surface area contributed by atoms with Gasteiger partial charge in [-0.05, 0) is 12.1 Å². The smallest absolute Gasteiger partial charge is 0.104 e. The Kier molecular flexibility index (Phi) is 2.58. The fourth-order valence-electron chi connectivity index (χ4n) is 1.40. The number of nitrogens with zero attached hydrogens (tertiary/aromatic N) is 2. The molecule has 2 heterocycles. The van der Waals surface area contributed by atoms with Gasteiger partial charge in [0, 0.05) is 30.9 Å². The largest absolute Gasteiger partial charge is 0.469 e. The standard InChI is InChI=1S/C11H12N2O/c1-9(7-10-3-2-6-14-10)11-8-12-4-5-13-11/h2-6,8-9H,7H2,1H3. The Bertz CT molecular complexity index is 369. The lowest BCUT2D eigenvalue weighted by Crippen LogP contribution is -2.00. The molecule has 0 saturated carbocycles. The van der Waals surface area contributed by atoms with Gasteiger partial charge in [0.25, 0.3) is 0 Å². The van der Waals surface area contributed by atoms with Gasteiger partial charge in [-0.3, -0.25) is 9.97 Å². The normalized spacial score (nSPS) is 12.6. The molecule has 2 aromatic rings. The molecule has 3 nitrogen and oxygen atoms in total. The van der Waals surface area contributed by atoms with Crippen molar-refractivity contribution in [3.05, 3.63) is 48.4 Å². The molecule has 0 aliphatic carbocycles. The third-order valence-electron chi connectivity index (χ3n) is 2.18. The first-order valence-electron chi connectivity index (χ1n) is 4.64. The van der Waals surface area contributed by atoms with Crippen molar-refractivity contribution in [1.82, 2.24) is 9.97 Å². The summed E-state index contributed by atoms with van der Waals surface area (Å²) in [7, 11) is 0. The average Bonchev–Trinajstić information content (AvgIpc) is 2.72. The molecule has 1 unspecified atom stereocenters. The number of rotatable bonds is 3. The van der Waals surface area contributed by atoms with Crippen LogP contribution in [0.2, 0.25) is 0 Å². The molecule has 0 aliphatic heterocycles. The molecular weight excluding hydrogens is 176 g/mol. The summed E-state index contributed by atoms with van der Waals surface area (Å²) in [5, 5.41) is 0. The maximum absolute atomic E-state index is 5.28. The highest BCUT2D eigenvalue weighted by atomic mass is 16.3. The summed E-state index contributed by atoms with van der Waals surface area (Å²) in [6, 6.07) is 3.88. The lowest BCUT2D eigenvalue weighted by Gasteiger charge is -2.07. The van der Waals surface area contributed by atoms with Gasteiger partial charge in [0.05, 0.1) is 12.0 Å². The predicted molar refractivity (Wildman–Crippen MR) is 52.9 cm³/mol. The Balaban J connectivity index is 2.07. The van der Waals surface area contributed by atoms with E-state index in [-0.39, 0.29) is 0 Å². The van der Waals surface area contributed by atoms with Gasteiger partial charge in [-0.25, -0.2) is 0 Å². The van der Waals surface area contributed by atoms with Crippen LogP contribution in [0.25, 0.3) is 0 Å². The van der Waals surface area contributed by atoms with Crippen LogP contribution in [0.4, 0.5) is 0 Å². The second kappa shape index (κ2) is 4.05. The van der Waals surface area contributed by atoms with Crippen LogP contribution in [-0.4, -0.2) is 9.97 Å². The SMILES string of the molecule is CC(Cc1ccco1)c1cnccn1. The molecule has 3 heteroatoms. The third kappa shape index (κ3) is 1.99. The first-order chi connectivity index (χ1) is 6.86. The van der Waals surface area contributed by atoms with Crippen molar-refractivity contribution in [2.75, 3.05) is 0 Å². The summed E-state index contributed by atoms with van der Waals surface area (Å²) >= 11 is 0. The van der Waals surface area contributed by atoms with Gasteiger partial charge in [-0.1, -0.05) is 6.92 Å². The molecule has 0 aromatic carbocycles. The summed E-state index contributed by atoms with van der Waals surface area (Å²) in [6.45, 7) is 2.12. The molecule has 2 rings (SSSR count). The van der Waals surface area contributed by atoms with Gasteiger partial charge in [0.2, 0.25) is 0 Å². The van der Waals surface area contributed by atoms with Crippen LogP contribution in [0.15, 0.2) is 41.4 Å². The van der Waals surface area contributed by atoms with Gasteiger partial charge >= 0.3 is 0 Å². The van der Waals surface area contributed by atoms with E-state index in [2.05, 4.69) is 16.9 Å². The summed E-state index contributed by atoms with van der Waals surface area (Å²) in [6.07, 6.45) is 7.76. The lowest BCUT2D eigenvalue weighted by molar-refractivity contribution is 0.490. The second-order valence-corrected chi connectivity index (χ2v) is 3.31. The number of hydrogen-bond acceptors (Lipinski definition) is 3. The highest BCUT2D eigenvalue weighted by molar-refractivity contribution is 5.08. The van der Waals surface area contributed by atoms with Crippen LogP contribution < -0.4 is 0 Å². The number of hydrogen-bond donors (Lipinski definition) is 0. The summed E-state index contributed by atoms with van der Waals surface area (Å²) in [5.74, 6) is 1.33. The van der Waals surface area contributed by atoms with Crippen molar-refractivity contribution < 1.29 is 4.42 Å². The molecule has 2 aromatic heterocycles. The molecule has 0 saturated heterocycles. The minimum Gasteiger partial charge on any atom is -0.469 e. The van der Waals surface area contributed by atoms with E-state index < -0.39 is 0 Å². The van der Waals surface area contributed by atoms with Crippen LogP contribution in [0.3, 0.4) is 0 Å². The first kappa shape index (κ1) is 8.94. The first-order valence-corrected chi connectivity index (χ1v) is 4.64. The highest BCUT2D eigenvalue weighted by Gasteiger charge is 2.09. The van der Waals surface area contributed by atoms with Crippen LogP contribution in [0, 0.1) is 0 Å². The van der Waals surface area contributed by atoms with E-state index in [0.717, 1.165) is 17.9 Å². The molecule has 14 heavy (non-hydrogen) atoms. The zero-order valence-electron chi connectivity index (χ0n) is 8.05. The maximum atomic E-state index is 5.28. The highest BCUT2D eigenvalue weighted by Crippen LogP contribution is 2.17. The van der Waals surface area contributed by atoms with E-state index in [1.165, 1.54) is 0 Å². The molecule has 0 bridgehead atoms. The van der Waals surface area contributed by atoms with Gasteiger partial charge in [-0.2, -0.15) is 0 Å². The van der Waals surface area contributed by atoms with E-state index >= 15 is 0 Å². The Labute approximate surface area is 82.8 Å². The molecule has 1 atom stereocenters. The van der Waals surface area contributed by atoms with Gasteiger partial charge in [0.15, 0.2) is 0 Å². The zero-order valence-corrected chi connectivity index (χ0v) is 8.05. The minimum atomic E-state index is 0.342. The van der Waals surface area contributed by atoms with E-state index in [9.17, 15) is 0 Å². The van der Waals surface area contributed by atoms with Crippen molar-refractivity contribution >= 4 is 0 Å². The minimum absolute atomic E-state index is 0.342. The summed E-state index contributed by atoms with van der Waals surface area (Å²) < 4.78 is 5.28. The van der Waals surface area contributed by atoms with Crippen molar-refractivity contribution in [2.45, 2.75) is 19.3 Å². The van der Waals surface area contributed by atoms with E-state index in [4.69, 9.17) is 4.42 Å². The summed E-state index contributed by atoms with van der Waals surface area (Å²) in [5.41, 5.74) is 1.00. The Morgan fingerprint density at radius 2 is 2.36 bits per heavy atom. The van der Waals surface area contributed by atoms with Crippen LogP contribution in [-0.2, 0) is 6.42 Å². The molecule has 0 aliphatic rings. The topological polar surface area (TPSA) is 38.9 Å². The lowest BCUT2D eigenvalue weighted by atomic mass is 10.0. The molecule has 0 amide bonds. The van der Waals surface area contributed by atoms with Crippen molar-refractivity contribution in [3.8, 4) is 0 Å². The molecule has 0 fully saturated rings. The van der Waals surface area contributed by atoms with E-state index in [1.807, 2.05) is 12.1 Å². The van der Waals surface area contributed by atoms with Crippen molar-refractivity contribution in [1.29, 1.82) is 0 Å². The Morgan fingerprint density at radius 1 is 1.43 bits per heavy atom. The van der Waals surface area contributed by atoms with E-state index in [0.29, 0.717) is 5.92 Å². The number of furan rings is 1. The fourth-order valence-corrected chi connectivity index (χ4v) is 1.40. The molecule has 0 N–H and O–H groups in total. The molecule has 0 radical (unpaired) electrons. The predicted octanol–water partition coefficient (Wildman–Crippen LogP) is 2.42. The Hall–Kier alpha value is -1.64. The third-order valence-corrected chi connectivity index (χ3v) is 2.18. The molecular formula is C11H12N2O. The van der Waals surface area contributed by atoms with Gasteiger partial charge < -0.3 is 4.42 Å². The maximum Gasteiger partial charge on any atom is 0.104 e. The van der Waals surface area contributed by atoms with Crippen LogP contribution in [0.1, 0.15) is 24.3 Å². The fraction of sp³-hybridized carbons (Fsp3) is 0.273. The van der Waals surface area contributed by atoms with Gasteiger partial charge in [0.1, 0.15) is 5.76 Å². The Morgan fingerprint density at radius 3 is 3.00 bits per heavy atom. The van der Waals surface area contributed by atoms with E-state index in [1.54, 1.807) is 24.9 Å². The number of aromatic nitrogens is 2. The van der Waals surface area contributed by atoms with Crippen LogP contribution >= 0.6 is 0 Å². The summed E-state index contributed by atoms with van der Waals surface area (Å²) in [4.78, 5) is 8.30. The van der Waals surface area contributed by atoms with Crippen molar-refractivity contribution in [3.63, 3.8) is 0 Å². The average molecular weight is 188 g/mol. The monoisotopic (exact) mass is 188 g/mol. The van der Waals surface area contributed by atoms with Gasteiger partial charge in [-0.15, -0.1) is 0 Å². The molecule has 0 spiro atoms. The van der Waals surface area contributed by atoms with Crippen molar-refractivity contribution in [2.24, 2.45) is 0 Å². The zero-order chi connectivity index (χ0) is 9.80. The quantitative estimate of drug-likeness (QED) is 0.742. The second-order valence-electron chi connectivity index (χ2n) is 3.31.